The molecule has 0 atom stereocenters. The van der Waals surface area contributed by atoms with Gasteiger partial charge < -0.3 is 15.2 Å². The van der Waals surface area contributed by atoms with E-state index in [4.69, 9.17) is 15.2 Å². The van der Waals surface area contributed by atoms with Crippen LogP contribution in [0.1, 0.15) is 23.5 Å². The van der Waals surface area contributed by atoms with Gasteiger partial charge in [0.15, 0.2) is 5.82 Å². The lowest BCUT2D eigenvalue weighted by molar-refractivity contribution is -0.0997. The Morgan fingerprint density at radius 1 is 1.37 bits per heavy atom. The van der Waals surface area contributed by atoms with E-state index in [-0.39, 0.29) is 0 Å². The molecule has 2 aromatic rings. The van der Waals surface area contributed by atoms with E-state index in [9.17, 15) is 0 Å². The monoisotopic (exact) mass is 279 g/mol. The van der Waals surface area contributed by atoms with Crippen molar-refractivity contribution in [2.75, 3.05) is 26.1 Å². The summed E-state index contributed by atoms with van der Waals surface area (Å²) in [6.45, 7) is 3.38. The van der Waals surface area contributed by atoms with E-state index in [1.165, 1.54) is 4.88 Å². The molecule has 19 heavy (non-hydrogen) atoms. The molecule has 0 saturated carbocycles. The topological polar surface area (TPSA) is 70.3 Å². The molecule has 0 radical (unpaired) electrons. The number of anilines is 1. The minimum Gasteiger partial charge on any atom is -0.383 e. The number of rotatable bonds is 2. The third kappa shape index (κ3) is 2.09. The van der Waals surface area contributed by atoms with Gasteiger partial charge in [0.1, 0.15) is 16.2 Å². The van der Waals surface area contributed by atoms with Gasteiger partial charge in [-0.05, 0) is 13.0 Å². The first-order chi connectivity index (χ1) is 9.14. The molecule has 0 spiro atoms. The fourth-order valence-electron chi connectivity index (χ4n) is 2.49. The summed E-state index contributed by atoms with van der Waals surface area (Å²) >= 11 is 1.64. The maximum atomic E-state index is 6.06. The zero-order chi connectivity index (χ0) is 13.5. The molecule has 1 fully saturated rings. The summed E-state index contributed by atoms with van der Waals surface area (Å²) in [5, 5.41) is 0.935. The number of nitrogen functional groups attached to an aromatic ring is 1. The molecule has 6 heteroatoms. The lowest BCUT2D eigenvalue weighted by Crippen LogP contribution is -2.37. The van der Waals surface area contributed by atoms with E-state index >= 15 is 0 Å². The Hall–Kier alpha value is -1.24. The van der Waals surface area contributed by atoms with Crippen molar-refractivity contribution < 1.29 is 9.47 Å². The largest absolute Gasteiger partial charge is 0.383 e. The predicted octanol–water partition coefficient (Wildman–Crippen LogP) is 2.23. The second-order valence-corrected chi connectivity index (χ2v) is 6.05. The number of hydrogen-bond donors (Lipinski definition) is 1. The smallest absolute Gasteiger partial charge is 0.164 e. The molecule has 2 N–H and O–H groups in total. The van der Waals surface area contributed by atoms with Gasteiger partial charge in [-0.1, -0.05) is 0 Å². The molecule has 3 rings (SSSR count). The quantitative estimate of drug-likeness (QED) is 0.913. The van der Waals surface area contributed by atoms with E-state index in [1.807, 2.05) is 13.0 Å². The van der Waals surface area contributed by atoms with Crippen molar-refractivity contribution in [3.05, 3.63) is 16.8 Å². The van der Waals surface area contributed by atoms with Gasteiger partial charge in [0.2, 0.25) is 0 Å². The predicted molar refractivity (Wildman–Crippen MR) is 75.3 cm³/mol. The minimum absolute atomic E-state index is 0.460. The van der Waals surface area contributed by atoms with Gasteiger partial charge in [-0.3, -0.25) is 0 Å². The van der Waals surface area contributed by atoms with Crippen molar-refractivity contribution in [2.45, 2.75) is 25.4 Å². The second-order valence-electron chi connectivity index (χ2n) is 4.82. The molecule has 0 amide bonds. The molecule has 0 unspecified atom stereocenters. The van der Waals surface area contributed by atoms with Gasteiger partial charge in [-0.15, -0.1) is 11.3 Å². The Morgan fingerprint density at radius 3 is 2.79 bits per heavy atom. The van der Waals surface area contributed by atoms with Gasteiger partial charge in [0, 0.05) is 38.0 Å². The molecule has 1 saturated heterocycles. The van der Waals surface area contributed by atoms with Gasteiger partial charge in [0.25, 0.3) is 0 Å². The summed E-state index contributed by atoms with van der Waals surface area (Å²) in [6.07, 6.45) is 1.53. The number of nitrogens with two attached hydrogens (primary N) is 1. The Balaban J connectivity index is 2.13. The Labute approximate surface area is 115 Å². The van der Waals surface area contributed by atoms with Crippen molar-refractivity contribution in [2.24, 2.45) is 0 Å². The van der Waals surface area contributed by atoms with Crippen LogP contribution in [-0.2, 0) is 15.1 Å². The molecule has 5 nitrogen and oxygen atoms in total. The van der Waals surface area contributed by atoms with Gasteiger partial charge in [-0.2, -0.15) is 0 Å². The molecule has 2 aromatic heterocycles. The van der Waals surface area contributed by atoms with E-state index in [1.54, 1.807) is 18.4 Å². The van der Waals surface area contributed by atoms with Crippen molar-refractivity contribution in [3.8, 4) is 0 Å². The summed E-state index contributed by atoms with van der Waals surface area (Å²) in [6, 6.07) is 2.03. The van der Waals surface area contributed by atoms with Crippen LogP contribution in [0.25, 0.3) is 10.2 Å². The highest BCUT2D eigenvalue weighted by atomic mass is 32.1. The summed E-state index contributed by atoms with van der Waals surface area (Å²) in [5.41, 5.74) is 5.60. The molecule has 1 aliphatic heterocycles. The van der Waals surface area contributed by atoms with Crippen LogP contribution in [0.4, 0.5) is 5.82 Å². The van der Waals surface area contributed by atoms with Gasteiger partial charge in [0.05, 0.1) is 5.39 Å². The SMILES string of the molecule is COC1(c2nc(N)c3cc(C)sc3n2)CCOCC1. The number of fused-ring (bicyclic) bond motifs is 1. The molecule has 3 heterocycles. The molecule has 102 valence electrons. The highest BCUT2D eigenvalue weighted by Crippen LogP contribution is 2.36. The highest BCUT2D eigenvalue weighted by Gasteiger charge is 2.38. The third-order valence-corrected chi connectivity index (χ3v) is 4.59. The standard InChI is InChI=1S/C13H17N3O2S/c1-8-7-9-10(14)15-12(16-11(9)19-8)13(17-2)3-5-18-6-4-13/h7H,3-6H2,1-2H3,(H2,14,15,16). The van der Waals surface area contributed by atoms with Crippen LogP contribution < -0.4 is 5.73 Å². The van der Waals surface area contributed by atoms with Crippen molar-refractivity contribution >= 4 is 27.4 Å². The fraction of sp³-hybridized carbons (Fsp3) is 0.538. The molecule has 1 aliphatic rings. The maximum Gasteiger partial charge on any atom is 0.164 e. The van der Waals surface area contributed by atoms with Crippen LogP contribution in [-0.4, -0.2) is 30.3 Å². The number of aryl methyl sites for hydroxylation is 1. The number of aromatic nitrogens is 2. The van der Waals surface area contributed by atoms with Crippen LogP contribution in [0.2, 0.25) is 0 Å². The van der Waals surface area contributed by atoms with Crippen LogP contribution in [0.5, 0.6) is 0 Å². The van der Waals surface area contributed by atoms with Crippen LogP contribution in [0, 0.1) is 6.92 Å². The summed E-state index contributed by atoms with van der Waals surface area (Å²) in [7, 11) is 1.70. The van der Waals surface area contributed by atoms with Crippen LogP contribution in [0.15, 0.2) is 6.07 Å². The number of hydrogen-bond acceptors (Lipinski definition) is 6. The summed E-state index contributed by atoms with van der Waals surface area (Å²) < 4.78 is 11.1. The highest BCUT2D eigenvalue weighted by molar-refractivity contribution is 7.18. The first-order valence-corrected chi connectivity index (χ1v) is 7.13. The molecule has 0 bridgehead atoms. The van der Waals surface area contributed by atoms with Crippen LogP contribution >= 0.6 is 11.3 Å². The molecular weight excluding hydrogens is 262 g/mol. The number of thiophene rings is 1. The van der Waals surface area contributed by atoms with E-state index < -0.39 is 5.60 Å². The molecule has 0 aliphatic carbocycles. The Bertz CT molecular complexity index is 605. The van der Waals surface area contributed by atoms with E-state index in [0.717, 1.165) is 23.1 Å². The van der Waals surface area contributed by atoms with Gasteiger partial charge in [-0.25, -0.2) is 9.97 Å². The Kier molecular flexibility index (Phi) is 3.16. The normalized spacial score (nSPS) is 18.8. The van der Waals surface area contributed by atoms with Crippen molar-refractivity contribution in [1.29, 1.82) is 0 Å². The zero-order valence-electron chi connectivity index (χ0n) is 11.1. The first-order valence-electron chi connectivity index (χ1n) is 6.32. The number of ether oxygens (including phenoxy) is 2. The van der Waals surface area contributed by atoms with E-state index in [2.05, 4.69) is 9.97 Å². The average molecular weight is 279 g/mol. The summed E-state index contributed by atoms with van der Waals surface area (Å²) in [5.74, 6) is 1.22. The molecular formula is C13H17N3O2S. The van der Waals surface area contributed by atoms with E-state index in [0.29, 0.717) is 24.9 Å². The zero-order valence-corrected chi connectivity index (χ0v) is 11.9. The lowest BCUT2D eigenvalue weighted by atomic mass is 9.93. The third-order valence-electron chi connectivity index (χ3n) is 3.64. The summed E-state index contributed by atoms with van der Waals surface area (Å²) in [4.78, 5) is 11.3. The lowest BCUT2D eigenvalue weighted by Gasteiger charge is -2.34. The number of nitrogens with zero attached hydrogens (tertiary/aromatic N) is 2. The Morgan fingerprint density at radius 2 is 2.11 bits per heavy atom. The maximum absolute atomic E-state index is 6.06. The van der Waals surface area contributed by atoms with Gasteiger partial charge >= 0.3 is 0 Å². The molecule has 0 aromatic carbocycles. The first kappa shape index (κ1) is 12.8. The fourth-order valence-corrected chi connectivity index (χ4v) is 3.38. The minimum atomic E-state index is -0.460. The van der Waals surface area contributed by atoms with Crippen molar-refractivity contribution in [1.82, 2.24) is 9.97 Å². The van der Waals surface area contributed by atoms with Crippen molar-refractivity contribution in [3.63, 3.8) is 0 Å². The second kappa shape index (κ2) is 4.70. The van der Waals surface area contributed by atoms with Crippen LogP contribution in [0.3, 0.4) is 0 Å². The number of methoxy groups -OCH3 is 1. The average Bonchev–Trinajstić information content (AvgIpc) is 2.80.